The Bertz CT molecular complexity index is 623. The van der Waals surface area contributed by atoms with E-state index in [1.807, 2.05) is 43.5 Å². The SMILES string of the molecule is CCOC(=O)C(C)(C)c1csc(Nc2ccc(I)cc2)n1. The molecule has 0 aliphatic rings. The molecule has 112 valence electrons. The maximum absolute atomic E-state index is 12.0. The van der Waals surface area contributed by atoms with E-state index < -0.39 is 5.41 Å². The van der Waals surface area contributed by atoms with Crippen LogP contribution in [0.1, 0.15) is 26.5 Å². The smallest absolute Gasteiger partial charge is 0.317 e. The first-order valence-corrected chi connectivity index (χ1v) is 8.55. The molecule has 0 atom stereocenters. The van der Waals surface area contributed by atoms with Gasteiger partial charge >= 0.3 is 5.97 Å². The summed E-state index contributed by atoms with van der Waals surface area (Å²) in [5, 5.41) is 5.91. The third-order valence-corrected chi connectivity index (χ3v) is 4.50. The van der Waals surface area contributed by atoms with Crippen molar-refractivity contribution in [2.45, 2.75) is 26.2 Å². The quantitative estimate of drug-likeness (QED) is 0.583. The number of thiazole rings is 1. The van der Waals surface area contributed by atoms with Crippen LogP contribution in [0.3, 0.4) is 0 Å². The standard InChI is InChI=1S/C15H17IN2O2S/c1-4-20-13(19)15(2,3)12-9-21-14(18-12)17-11-7-5-10(16)6-8-11/h5-9H,4H2,1-3H3,(H,17,18). The van der Waals surface area contributed by atoms with Crippen molar-refractivity contribution in [2.75, 3.05) is 11.9 Å². The van der Waals surface area contributed by atoms with Crippen LogP contribution >= 0.6 is 33.9 Å². The molecular formula is C15H17IN2O2S. The summed E-state index contributed by atoms with van der Waals surface area (Å²) in [6, 6.07) is 8.05. The molecule has 1 aromatic heterocycles. The van der Waals surface area contributed by atoms with Gasteiger partial charge in [-0.15, -0.1) is 11.3 Å². The van der Waals surface area contributed by atoms with Gasteiger partial charge in [0.05, 0.1) is 12.3 Å². The number of hydrogen-bond donors (Lipinski definition) is 1. The fraction of sp³-hybridized carbons (Fsp3) is 0.333. The Morgan fingerprint density at radius 1 is 1.38 bits per heavy atom. The molecule has 2 rings (SSSR count). The number of carbonyl (C=O) groups excluding carboxylic acids is 1. The summed E-state index contributed by atoms with van der Waals surface area (Å²) in [6.07, 6.45) is 0. The van der Waals surface area contributed by atoms with Crippen LogP contribution in [0.5, 0.6) is 0 Å². The lowest BCUT2D eigenvalue weighted by molar-refractivity contribution is -0.148. The number of aromatic nitrogens is 1. The van der Waals surface area contributed by atoms with Gasteiger partial charge in [-0.05, 0) is 67.6 Å². The molecule has 0 aliphatic heterocycles. The molecule has 0 fully saturated rings. The van der Waals surface area contributed by atoms with Gasteiger partial charge in [0.2, 0.25) is 0 Å². The van der Waals surface area contributed by atoms with Crippen LogP contribution in [0.4, 0.5) is 10.8 Å². The number of nitrogens with one attached hydrogen (secondary N) is 1. The summed E-state index contributed by atoms with van der Waals surface area (Å²) in [7, 11) is 0. The zero-order chi connectivity index (χ0) is 15.5. The first kappa shape index (κ1) is 16.2. The molecule has 2 aromatic rings. The Morgan fingerprint density at radius 3 is 2.67 bits per heavy atom. The minimum absolute atomic E-state index is 0.254. The summed E-state index contributed by atoms with van der Waals surface area (Å²) in [5.41, 5.74) is 0.961. The predicted molar refractivity (Wildman–Crippen MR) is 94.2 cm³/mol. The van der Waals surface area contributed by atoms with E-state index in [0.717, 1.165) is 16.5 Å². The van der Waals surface area contributed by atoms with Gasteiger partial charge in [-0.1, -0.05) is 0 Å². The molecule has 21 heavy (non-hydrogen) atoms. The molecular weight excluding hydrogens is 399 g/mol. The Morgan fingerprint density at radius 2 is 2.05 bits per heavy atom. The monoisotopic (exact) mass is 416 g/mol. The third-order valence-electron chi connectivity index (χ3n) is 3.03. The molecule has 1 heterocycles. The van der Waals surface area contributed by atoms with Crippen LogP contribution in [0.25, 0.3) is 0 Å². The average molecular weight is 416 g/mol. The van der Waals surface area contributed by atoms with E-state index >= 15 is 0 Å². The third kappa shape index (κ3) is 3.94. The number of benzene rings is 1. The van der Waals surface area contributed by atoms with Crippen molar-refractivity contribution >= 4 is 50.7 Å². The minimum Gasteiger partial charge on any atom is -0.465 e. The normalized spacial score (nSPS) is 11.2. The van der Waals surface area contributed by atoms with E-state index in [2.05, 4.69) is 32.9 Å². The molecule has 0 bridgehead atoms. The van der Waals surface area contributed by atoms with Crippen molar-refractivity contribution in [1.29, 1.82) is 0 Å². The maximum Gasteiger partial charge on any atom is 0.317 e. The predicted octanol–water partition coefficient (Wildman–Crippen LogP) is 4.33. The maximum atomic E-state index is 12.0. The van der Waals surface area contributed by atoms with E-state index in [-0.39, 0.29) is 5.97 Å². The lowest BCUT2D eigenvalue weighted by atomic mass is 9.90. The summed E-state index contributed by atoms with van der Waals surface area (Å²) >= 11 is 3.74. The van der Waals surface area contributed by atoms with Crippen LogP contribution in [0.2, 0.25) is 0 Å². The Hall–Kier alpha value is -1.15. The first-order chi connectivity index (χ1) is 9.93. The van der Waals surface area contributed by atoms with E-state index in [1.165, 1.54) is 14.9 Å². The van der Waals surface area contributed by atoms with Crippen molar-refractivity contribution < 1.29 is 9.53 Å². The molecule has 1 N–H and O–H groups in total. The van der Waals surface area contributed by atoms with Crippen molar-refractivity contribution in [3.63, 3.8) is 0 Å². The summed E-state index contributed by atoms with van der Waals surface area (Å²) in [5.74, 6) is -0.254. The van der Waals surface area contributed by atoms with Gasteiger partial charge in [-0.25, -0.2) is 4.98 Å². The van der Waals surface area contributed by atoms with Gasteiger partial charge in [0, 0.05) is 14.6 Å². The van der Waals surface area contributed by atoms with Gasteiger partial charge in [-0.2, -0.15) is 0 Å². The first-order valence-electron chi connectivity index (χ1n) is 6.59. The van der Waals surface area contributed by atoms with Gasteiger partial charge in [0.25, 0.3) is 0 Å². The largest absolute Gasteiger partial charge is 0.465 e. The van der Waals surface area contributed by atoms with Crippen LogP contribution in [-0.2, 0) is 14.9 Å². The second-order valence-electron chi connectivity index (χ2n) is 5.02. The number of halogens is 1. The van der Waals surface area contributed by atoms with Crippen molar-refractivity contribution in [1.82, 2.24) is 4.98 Å². The van der Waals surface area contributed by atoms with Crippen molar-refractivity contribution in [3.05, 3.63) is 38.9 Å². The fourth-order valence-electron chi connectivity index (χ4n) is 1.69. The van der Waals surface area contributed by atoms with Gasteiger partial charge < -0.3 is 10.1 Å². The van der Waals surface area contributed by atoms with E-state index in [4.69, 9.17) is 4.74 Å². The molecule has 1 aromatic carbocycles. The Labute approximate surface area is 142 Å². The number of esters is 1. The van der Waals surface area contributed by atoms with Crippen LogP contribution in [0.15, 0.2) is 29.6 Å². The van der Waals surface area contributed by atoms with Gasteiger partial charge in [-0.3, -0.25) is 4.79 Å². The van der Waals surface area contributed by atoms with Crippen molar-refractivity contribution in [3.8, 4) is 0 Å². The van der Waals surface area contributed by atoms with E-state index in [0.29, 0.717) is 6.61 Å². The van der Waals surface area contributed by atoms with E-state index in [1.54, 1.807) is 6.92 Å². The lowest BCUT2D eigenvalue weighted by Crippen LogP contribution is -2.31. The highest BCUT2D eigenvalue weighted by molar-refractivity contribution is 14.1. The zero-order valence-corrected chi connectivity index (χ0v) is 15.1. The Kier molecular flexibility index (Phi) is 5.21. The number of ether oxygens (including phenoxy) is 1. The average Bonchev–Trinajstić information content (AvgIpc) is 2.91. The highest BCUT2D eigenvalue weighted by Gasteiger charge is 2.33. The van der Waals surface area contributed by atoms with Gasteiger partial charge in [0.15, 0.2) is 5.13 Å². The molecule has 0 amide bonds. The van der Waals surface area contributed by atoms with Crippen LogP contribution in [0, 0.1) is 3.57 Å². The number of carbonyl (C=O) groups is 1. The summed E-state index contributed by atoms with van der Waals surface area (Å²) in [6.45, 7) is 5.84. The van der Waals surface area contributed by atoms with Crippen LogP contribution in [-0.4, -0.2) is 17.6 Å². The van der Waals surface area contributed by atoms with Crippen molar-refractivity contribution in [2.24, 2.45) is 0 Å². The molecule has 0 unspecified atom stereocenters. The summed E-state index contributed by atoms with van der Waals surface area (Å²) < 4.78 is 6.29. The molecule has 4 nitrogen and oxygen atoms in total. The van der Waals surface area contributed by atoms with Gasteiger partial charge in [0.1, 0.15) is 5.41 Å². The number of rotatable bonds is 5. The molecule has 0 aliphatic carbocycles. The lowest BCUT2D eigenvalue weighted by Gasteiger charge is -2.19. The molecule has 0 spiro atoms. The zero-order valence-electron chi connectivity index (χ0n) is 12.1. The molecule has 0 radical (unpaired) electrons. The second kappa shape index (κ2) is 6.74. The number of nitrogens with zero attached hydrogens (tertiary/aromatic N) is 1. The molecule has 6 heteroatoms. The number of hydrogen-bond acceptors (Lipinski definition) is 5. The van der Waals surface area contributed by atoms with E-state index in [9.17, 15) is 4.79 Å². The van der Waals surface area contributed by atoms with Crippen LogP contribution < -0.4 is 5.32 Å². The topological polar surface area (TPSA) is 51.2 Å². The fourth-order valence-corrected chi connectivity index (χ4v) is 2.95. The minimum atomic E-state index is -0.738. The second-order valence-corrected chi connectivity index (χ2v) is 7.12. The summed E-state index contributed by atoms with van der Waals surface area (Å²) in [4.78, 5) is 16.5. The Balaban J connectivity index is 2.14. The highest BCUT2D eigenvalue weighted by Crippen LogP contribution is 2.29. The highest BCUT2D eigenvalue weighted by atomic mass is 127. The molecule has 0 saturated heterocycles. The molecule has 0 saturated carbocycles. The number of anilines is 2.